The van der Waals surface area contributed by atoms with Gasteiger partial charge in [-0.2, -0.15) is 0 Å². The van der Waals surface area contributed by atoms with E-state index in [1.165, 1.54) is 0 Å². The highest BCUT2D eigenvalue weighted by atomic mass is 28.2. The second-order valence-corrected chi connectivity index (χ2v) is 2.48. The first-order valence-corrected chi connectivity index (χ1v) is 3.64. The quantitative estimate of drug-likeness (QED) is 0.456. The lowest BCUT2D eigenvalue weighted by molar-refractivity contribution is -0.137. The fourth-order valence-electron chi connectivity index (χ4n) is 0.0645. The number of hydrogen-bond donors (Lipinski definition) is 1. The standard InChI is InChI=1S/C3H9N.C2H6O3Si/c1-4(2)3;3-1-2(4)5-6/h1-3H3;3H,1H2,6H3. The molecule has 1 N–H and O–H groups in total. The molecule has 10 heavy (non-hydrogen) atoms. The fraction of sp³-hybridized carbons (Fsp3) is 0.800. The minimum absolute atomic E-state index is 0.373. The van der Waals surface area contributed by atoms with Gasteiger partial charge in [-0.05, 0) is 21.1 Å². The molecule has 0 heterocycles. The Bertz CT molecular complexity index is 78.2. The molecule has 0 atom stereocenters. The SMILES string of the molecule is CN(C)C.O=C(CO)O[SiH3]. The van der Waals surface area contributed by atoms with Crippen LogP contribution in [0.25, 0.3) is 0 Å². The molecule has 0 aliphatic heterocycles. The van der Waals surface area contributed by atoms with Crippen LogP contribution in [0.2, 0.25) is 0 Å². The summed E-state index contributed by atoms with van der Waals surface area (Å²) in [6.45, 7) is -0.497. The molecule has 0 aromatic heterocycles. The van der Waals surface area contributed by atoms with Gasteiger partial charge in [0.15, 0.2) is 0 Å². The summed E-state index contributed by atoms with van der Waals surface area (Å²) >= 11 is 0. The molecule has 0 fully saturated rings. The highest BCUT2D eigenvalue weighted by Gasteiger charge is 1.88. The normalized spacial score (nSPS) is 8.50. The van der Waals surface area contributed by atoms with Crippen LogP contribution in [-0.2, 0) is 9.22 Å². The van der Waals surface area contributed by atoms with Crippen LogP contribution < -0.4 is 0 Å². The molecule has 0 aliphatic carbocycles. The minimum atomic E-state index is -0.540. The van der Waals surface area contributed by atoms with E-state index in [-0.39, 0.29) is 0 Å². The van der Waals surface area contributed by atoms with Gasteiger partial charge in [0.05, 0.1) is 0 Å². The molecule has 62 valence electrons. The van der Waals surface area contributed by atoms with Crippen LogP contribution in [0.3, 0.4) is 0 Å². The number of hydrogen-bond acceptors (Lipinski definition) is 4. The molecule has 5 heteroatoms. The van der Waals surface area contributed by atoms with E-state index in [9.17, 15) is 4.79 Å². The van der Waals surface area contributed by atoms with Crippen LogP contribution in [0.5, 0.6) is 0 Å². The Labute approximate surface area is 64.3 Å². The monoisotopic (exact) mass is 165 g/mol. The van der Waals surface area contributed by atoms with Crippen molar-refractivity contribution in [3.8, 4) is 0 Å². The van der Waals surface area contributed by atoms with Gasteiger partial charge in [0.2, 0.25) is 10.5 Å². The molecule has 0 aromatic carbocycles. The van der Waals surface area contributed by atoms with Crippen LogP contribution in [0.1, 0.15) is 0 Å². The van der Waals surface area contributed by atoms with Gasteiger partial charge in [0.25, 0.3) is 0 Å². The van der Waals surface area contributed by atoms with Gasteiger partial charge in [-0.25, -0.2) is 0 Å². The maximum Gasteiger partial charge on any atom is 0.317 e. The molecule has 4 nitrogen and oxygen atoms in total. The summed E-state index contributed by atoms with van der Waals surface area (Å²) in [5.41, 5.74) is 0. The number of carbonyl (C=O) groups excluding carboxylic acids is 1. The summed E-state index contributed by atoms with van der Waals surface area (Å²) in [7, 11) is 6.37. The van der Waals surface area contributed by atoms with E-state index < -0.39 is 12.6 Å². The average molecular weight is 165 g/mol. The van der Waals surface area contributed by atoms with Gasteiger partial charge >= 0.3 is 5.97 Å². The third-order valence-corrected chi connectivity index (χ3v) is 0.812. The molecular formula is C5H15NO3Si. The average Bonchev–Trinajstić information content (AvgIpc) is 1.85. The predicted molar refractivity (Wildman–Crippen MR) is 42.7 cm³/mol. The third-order valence-electron chi connectivity index (χ3n) is 0.357. The zero-order valence-corrected chi connectivity index (χ0v) is 8.92. The van der Waals surface area contributed by atoms with Crippen molar-refractivity contribution in [2.24, 2.45) is 0 Å². The van der Waals surface area contributed by atoms with Crippen LogP contribution in [0.15, 0.2) is 0 Å². The Morgan fingerprint density at radius 3 is 1.90 bits per heavy atom. The summed E-state index contributed by atoms with van der Waals surface area (Å²) in [5, 5.41) is 7.88. The van der Waals surface area contributed by atoms with E-state index >= 15 is 0 Å². The van der Waals surface area contributed by atoms with Gasteiger partial charge in [0.1, 0.15) is 6.61 Å². The second kappa shape index (κ2) is 8.61. The molecule has 0 spiro atoms. The first-order chi connectivity index (χ1) is 4.54. The summed E-state index contributed by atoms with van der Waals surface area (Å²) in [6, 6.07) is 0. The van der Waals surface area contributed by atoms with Crippen LogP contribution in [-0.4, -0.2) is 54.2 Å². The zero-order valence-electron chi connectivity index (χ0n) is 6.92. The Hall–Kier alpha value is -0.393. The largest absolute Gasteiger partial charge is 0.527 e. The first-order valence-electron chi connectivity index (χ1n) is 2.83. The van der Waals surface area contributed by atoms with Gasteiger partial charge in [0, 0.05) is 0 Å². The molecule has 0 aromatic rings. The van der Waals surface area contributed by atoms with Crippen LogP contribution in [0.4, 0.5) is 0 Å². The third kappa shape index (κ3) is 25.5. The molecule has 0 aliphatic rings. The number of aliphatic hydroxyl groups is 1. The van der Waals surface area contributed by atoms with Crippen molar-refractivity contribution >= 4 is 16.5 Å². The van der Waals surface area contributed by atoms with Gasteiger partial charge < -0.3 is 14.4 Å². The number of nitrogens with zero attached hydrogens (tertiary/aromatic N) is 1. The zero-order chi connectivity index (χ0) is 8.57. The maximum atomic E-state index is 9.74. The van der Waals surface area contributed by atoms with Crippen molar-refractivity contribution in [1.29, 1.82) is 0 Å². The van der Waals surface area contributed by atoms with Crippen molar-refractivity contribution in [2.75, 3.05) is 27.7 Å². The Kier molecular flexibility index (Phi) is 10.6. The topological polar surface area (TPSA) is 49.8 Å². The van der Waals surface area contributed by atoms with E-state index in [0.29, 0.717) is 10.5 Å². The molecular weight excluding hydrogens is 150 g/mol. The number of rotatable bonds is 1. The molecule has 0 unspecified atom stereocenters. The summed E-state index contributed by atoms with van der Waals surface area (Å²) in [6.07, 6.45) is 0. The van der Waals surface area contributed by atoms with E-state index in [0.717, 1.165) is 0 Å². The fourth-order valence-corrected chi connectivity index (χ4v) is 0.194. The smallest absolute Gasteiger partial charge is 0.317 e. The Balaban J connectivity index is 0. The van der Waals surface area contributed by atoms with Crippen molar-refractivity contribution in [3.05, 3.63) is 0 Å². The van der Waals surface area contributed by atoms with Crippen molar-refractivity contribution in [3.63, 3.8) is 0 Å². The lowest BCUT2D eigenvalue weighted by atomic mass is 10.8. The van der Waals surface area contributed by atoms with Crippen molar-refractivity contribution in [2.45, 2.75) is 0 Å². The molecule has 0 amide bonds. The van der Waals surface area contributed by atoms with E-state index in [1.54, 1.807) is 0 Å². The van der Waals surface area contributed by atoms with Gasteiger partial charge in [-0.15, -0.1) is 0 Å². The summed E-state index contributed by atoms with van der Waals surface area (Å²) < 4.78 is 4.15. The summed E-state index contributed by atoms with van der Waals surface area (Å²) in [5.74, 6) is -0.540. The number of aliphatic hydroxyl groups excluding tert-OH is 1. The van der Waals surface area contributed by atoms with Crippen molar-refractivity contribution in [1.82, 2.24) is 4.90 Å². The predicted octanol–water partition coefficient (Wildman–Crippen LogP) is -2.02. The van der Waals surface area contributed by atoms with Crippen molar-refractivity contribution < 1.29 is 14.3 Å². The molecule has 0 radical (unpaired) electrons. The Morgan fingerprint density at radius 2 is 1.90 bits per heavy atom. The second-order valence-electron chi connectivity index (χ2n) is 2.08. The maximum absolute atomic E-state index is 9.74. The first kappa shape index (κ1) is 12.3. The van der Waals surface area contributed by atoms with Crippen LogP contribution in [0, 0.1) is 0 Å². The van der Waals surface area contributed by atoms with Gasteiger partial charge in [-0.1, -0.05) is 0 Å². The van der Waals surface area contributed by atoms with Crippen LogP contribution >= 0.6 is 0 Å². The molecule has 0 bridgehead atoms. The van der Waals surface area contributed by atoms with Gasteiger partial charge in [-0.3, -0.25) is 4.79 Å². The molecule has 0 rings (SSSR count). The molecule has 0 saturated carbocycles. The summed E-state index contributed by atoms with van der Waals surface area (Å²) in [4.78, 5) is 11.7. The molecule has 0 saturated heterocycles. The Morgan fingerprint density at radius 1 is 1.60 bits per heavy atom. The lowest BCUT2D eigenvalue weighted by Gasteiger charge is -1.90. The van der Waals surface area contributed by atoms with E-state index in [2.05, 4.69) is 4.43 Å². The van der Waals surface area contributed by atoms with E-state index in [1.807, 2.05) is 26.0 Å². The highest BCUT2D eigenvalue weighted by Crippen LogP contribution is 1.62. The number of carbonyl (C=O) groups is 1. The van der Waals surface area contributed by atoms with E-state index in [4.69, 9.17) is 5.11 Å². The lowest BCUT2D eigenvalue weighted by Crippen LogP contribution is -2.05. The highest BCUT2D eigenvalue weighted by molar-refractivity contribution is 6.05. The minimum Gasteiger partial charge on any atom is -0.527 e.